The lowest BCUT2D eigenvalue weighted by atomic mass is 10.0. The van der Waals surface area contributed by atoms with E-state index in [2.05, 4.69) is 93.7 Å². The van der Waals surface area contributed by atoms with Crippen LogP contribution in [0.3, 0.4) is 0 Å². The Bertz CT molecular complexity index is 1420. The Kier molecular flexibility index (Phi) is 62.7. The van der Waals surface area contributed by atoms with Crippen molar-refractivity contribution in [3.8, 4) is 0 Å². The van der Waals surface area contributed by atoms with E-state index in [1.807, 2.05) is 0 Å². The first kappa shape index (κ1) is 73.8. The predicted octanol–water partition coefficient (Wildman–Crippen LogP) is 22.9. The fraction of sp³-hybridized carbons (Fsp3) is 0.789. The monoisotopic (exact) mass is 1070 g/mol. The molecule has 446 valence electrons. The molecule has 0 aromatic carbocycles. The quantitative estimate of drug-likeness (QED) is 0.0261. The molecule has 6 heteroatoms. The lowest BCUT2D eigenvalue weighted by Gasteiger charge is -2.18. The lowest BCUT2D eigenvalue weighted by molar-refractivity contribution is -0.167. The Morgan fingerprint density at radius 1 is 0.273 bits per heavy atom. The fourth-order valence-electron chi connectivity index (χ4n) is 9.77. The second-order valence-electron chi connectivity index (χ2n) is 22.3. The normalized spacial score (nSPS) is 12.5. The summed E-state index contributed by atoms with van der Waals surface area (Å²) in [6.07, 6.45) is 85.2. The summed E-state index contributed by atoms with van der Waals surface area (Å²) < 4.78 is 16.9. The molecule has 0 aromatic heterocycles. The molecule has 0 fully saturated rings. The third kappa shape index (κ3) is 63.6. The first-order chi connectivity index (χ1) is 38.0. The van der Waals surface area contributed by atoms with Gasteiger partial charge in [-0.15, -0.1) is 0 Å². The lowest BCUT2D eigenvalue weighted by Crippen LogP contribution is -2.30. The molecule has 0 heterocycles. The molecule has 0 aromatic rings. The molecule has 0 rings (SSSR count). The predicted molar refractivity (Wildman–Crippen MR) is 335 cm³/mol. The van der Waals surface area contributed by atoms with Gasteiger partial charge in [0.15, 0.2) is 6.10 Å². The van der Waals surface area contributed by atoms with Gasteiger partial charge in [-0.2, -0.15) is 0 Å². The van der Waals surface area contributed by atoms with Crippen molar-refractivity contribution < 1.29 is 28.6 Å². The van der Waals surface area contributed by atoms with Crippen LogP contribution in [0.15, 0.2) is 72.9 Å². The number of hydrogen-bond acceptors (Lipinski definition) is 6. The number of carbonyl (C=O) groups excluding carboxylic acids is 3. The second kappa shape index (κ2) is 65.4. The van der Waals surface area contributed by atoms with Crippen LogP contribution in [0.4, 0.5) is 0 Å². The van der Waals surface area contributed by atoms with Crippen LogP contribution in [0.5, 0.6) is 0 Å². The molecule has 0 bridgehead atoms. The van der Waals surface area contributed by atoms with Crippen LogP contribution in [-0.4, -0.2) is 37.2 Å². The fourth-order valence-corrected chi connectivity index (χ4v) is 9.77. The number of ether oxygens (including phenoxy) is 3. The molecule has 6 nitrogen and oxygen atoms in total. The summed E-state index contributed by atoms with van der Waals surface area (Å²) in [4.78, 5) is 38.2. The summed E-state index contributed by atoms with van der Waals surface area (Å²) in [5.41, 5.74) is 0. The standard InChI is InChI=1S/C71H126O6/c1-4-7-10-13-16-19-22-25-27-28-29-30-31-32-33-34-35-36-37-38-39-40-41-42-44-46-49-52-55-58-61-64-70(73)76-67-68(66-75-69(72)63-60-57-54-51-48-45-24-21-18-15-12-9-6-3)77-71(74)65-62-59-56-53-50-47-43-26-23-20-17-14-11-8-5-2/h8-9,11-12,17-18,20-21,26,43,45,48,68H,4-7,10,13-16,19,22-25,27-42,44,46-47,49-67H2,1-3H3/b11-8-,12-9-,20-17-,21-18-,43-26-,48-45-. The second-order valence-corrected chi connectivity index (χ2v) is 22.3. The summed E-state index contributed by atoms with van der Waals surface area (Å²) in [5.74, 6) is -0.924. The summed E-state index contributed by atoms with van der Waals surface area (Å²) in [7, 11) is 0. The Labute approximate surface area is 478 Å². The zero-order valence-corrected chi connectivity index (χ0v) is 51.2. The van der Waals surface area contributed by atoms with Crippen LogP contribution in [-0.2, 0) is 28.6 Å². The third-order valence-corrected chi connectivity index (χ3v) is 14.7. The largest absolute Gasteiger partial charge is 0.462 e. The highest BCUT2D eigenvalue weighted by Crippen LogP contribution is 2.18. The molecule has 77 heavy (non-hydrogen) atoms. The molecule has 0 aliphatic carbocycles. The van der Waals surface area contributed by atoms with Crippen LogP contribution >= 0.6 is 0 Å². The summed E-state index contributed by atoms with van der Waals surface area (Å²) >= 11 is 0. The van der Waals surface area contributed by atoms with Gasteiger partial charge in [0.25, 0.3) is 0 Å². The van der Waals surface area contributed by atoms with E-state index in [0.29, 0.717) is 19.3 Å². The van der Waals surface area contributed by atoms with Gasteiger partial charge in [0.2, 0.25) is 0 Å². The number of carbonyl (C=O) groups is 3. The summed E-state index contributed by atoms with van der Waals surface area (Å²) in [6, 6.07) is 0. The Morgan fingerprint density at radius 3 is 0.805 bits per heavy atom. The molecular weight excluding hydrogens is 949 g/mol. The first-order valence-electron chi connectivity index (χ1n) is 33.4. The van der Waals surface area contributed by atoms with Crippen molar-refractivity contribution in [3.05, 3.63) is 72.9 Å². The molecule has 0 amide bonds. The van der Waals surface area contributed by atoms with E-state index < -0.39 is 6.10 Å². The topological polar surface area (TPSA) is 78.9 Å². The number of esters is 3. The minimum Gasteiger partial charge on any atom is -0.462 e. The van der Waals surface area contributed by atoms with E-state index >= 15 is 0 Å². The first-order valence-corrected chi connectivity index (χ1v) is 33.4. The van der Waals surface area contributed by atoms with Crippen molar-refractivity contribution in [2.45, 2.75) is 348 Å². The van der Waals surface area contributed by atoms with Crippen LogP contribution in [0.1, 0.15) is 342 Å². The molecule has 0 aliphatic rings. The van der Waals surface area contributed by atoms with Crippen molar-refractivity contribution in [2.75, 3.05) is 13.2 Å². The van der Waals surface area contributed by atoms with Crippen molar-refractivity contribution in [3.63, 3.8) is 0 Å². The molecule has 0 radical (unpaired) electrons. The van der Waals surface area contributed by atoms with Gasteiger partial charge in [0.1, 0.15) is 13.2 Å². The van der Waals surface area contributed by atoms with Gasteiger partial charge in [-0.1, -0.05) is 312 Å². The molecule has 1 atom stereocenters. The molecule has 0 spiro atoms. The van der Waals surface area contributed by atoms with Crippen molar-refractivity contribution >= 4 is 17.9 Å². The molecule has 0 N–H and O–H groups in total. The molecule has 0 aliphatic heterocycles. The summed E-state index contributed by atoms with van der Waals surface area (Å²) in [6.45, 7) is 6.41. The third-order valence-electron chi connectivity index (χ3n) is 14.7. The van der Waals surface area contributed by atoms with E-state index in [0.717, 1.165) is 122 Å². The number of rotatable bonds is 61. The minimum absolute atomic E-state index is 0.0896. The maximum absolute atomic E-state index is 12.9. The van der Waals surface area contributed by atoms with E-state index in [9.17, 15) is 14.4 Å². The maximum atomic E-state index is 12.9. The Hall–Kier alpha value is -3.15. The average molecular weight is 1080 g/mol. The highest BCUT2D eigenvalue weighted by molar-refractivity contribution is 5.71. The zero-order chi connectivity index (χ0) is 55.7. The molecule has 0 saturated carbocycles. The van der Waals surface area contributed by atoms with E-state index in [-0.39, 0.29) is 31.1 Å². The van der Waals surface area contributed by atoms with Gasteiger partial charge >= 0.3 is 17.9 Å². The molecule has 1 unspecified atom stereocenters. The van der Waals surface area contributed by atoms with Crippen molar-refractivity contribution in [1.29, 1.82) is 0 Å². The number of unbranched alkanes of at least 4 members (excludes halogenated alkanes) is 38. The zero-order valence-electron chi connectivity index (χ0n) is 51.2. The molecule has 0 saturated heterocycles. The van der Waals surface area contributed by atoms with Gasteiger partial charge in [-0.3, -0.25) is 14.4 Å². The van der Waals surface area contributed by atoms with E-state index in [1.165, 1.54) is 180 Å². The van der Waals surface area contributed by atoms with Crippen LogP contribution < -0.4 is 0 Å². The molecular formula is C71H126O6. The number of hydrogen-bond donors (Lipinski definition) is 0. The Morgan fingerprint density at radius 2 is 0.506 bits per heavy atom. The van der Waals surface area contributed by atoms with Crippen LogP contribution in [0.25, 0.3) is 0 Å². The minimum atomic E-state index is -0.796. The van der Waals surface area contributed by atoms with Gasteiger partial charge < -0.3 is 14.2 Å². The van der Waals surface area contributed by atoms with Gasteiger partial charge in [0, 0.05) is 19.3 Å². The van der Waals surface area contributed by atoms with Gasteiger partial charge in [0.05, 0.1) is 0 Å². The highest BCUT2D eigenvalue weighted by atomic mass is 16.6. The summed E-state index contributed by atoms with van der Waals surface area (Å²) in [5, 5.41) is 0. The van der Waals surface area contributed by atoms with Crippen LogP contribution in [0, 0.1) is 0 Å². The number of allylic oxidation sites excluding steroid dienone is 12. The van der Waals surface area contributed by atoms with Crippen molar-refractivity contribution in [2.24, 2.45) is 0 Å². The smallest absolute Gasteiger partial charge is 0.306 e. The van der Waals surface area contributed by atoms with Gasteiger partial charge in [-0.05, 0) is 83.5 Å². The van der Waals surface area contributed by atoms with Crippen molar-refractivity contribution in [1.82, 2.24) is 0 Å². The Balaban J connectivity index is 4.14. The van der Waals surface area contributed by atoms with Gasteiger partial charge in [-0.25, -0.2) is 0 Å². The average Bonchev–Trinajstić information content (AvgIpc) is 3.43. The van der Waals surface area contributed by atoms with Crippen LogP contribution in [0.2, 0.25) is 0 Å². The highest BCUT2D eigenvalue weighted by Gasteiger charge is 2.19. The van der Waals surface area contributed by atoms with E-state index in [1.54, 1.807) is 0 Å². The van der Waals surface area contributed by atoms with E-state index in [4.69, 9.17) is 14.2 Å². The SMILES string of the molecule is CC/C=C\C/C=C\C/C=C\CCCCCCCC(=O)OC(COC(=O)CCCCC/C=C\C/C=C\C/C=C\CC)COC(=O)CCCCCCCCCCCCCCCCCCCCCCCCCCCCCCCCC. The maximum Gasteiger partial charge on any atom is 0.306 e.